The molecule has 2 heteroatoms. The van der Waals surface area contributed by atoms with Gasteiger partial charge in [0.1, 0.15) is 0 Å². The number of hydrogen-bond donors (Lipinski definition) is 1. The van der Waals surface area contributed by atoms with Crippen LogP contribution in [0.1, 0.15) is 44.9 Å². The van der Waals surface area contributed by atoms with Gasteiger partial charge in [-0.05, 0) is 42.4 Å². The van der Waals surface area contributed by atoms with Crippen LogP contribution in [0.5, 0.6) is 0 Å². The molecule has 0 atom stereocenters. The van der Waals surface area contributed by atoms with Gasteiger partial charge in [-0.1, -0.05) is 20.8 Å². The highest BCUT2D eigenvalue weighted by Gasteiger charge is 2.41. The zero-order valence-corrected chi connectivity index (χ0v) is 9.88. The molecule has 1 aromatic rings. The summed E-state index contributed by atoms with van der Waals surface area (Å²) in [7, 11) is 0. The van der Waals surface area contributed by atoms with E-state index in [1.807, 2.05) is 6.20 Å². The lowest BCUT2D eigenvalue weighted by Crippen LogP contribution is -2.21. The molecule has 2 N–H and O–H groups in total. The number of hydrogen-bond acceptors (Lipinski definition) is 2. The van der Waals surface area contributed by atoms with Crippen LogP contribution in [0, 0.1) is 5.41 Å². The number of nitrogens with two attached hydrogens (primary N) is 1. The number of rotatable bonds is 2. The second-order valence-electron chi connectivity index (χ2n) is 5.94. The fraction of sp³-hybridized carbons (Fsp3) is 0.615. The van der Waals surface area contributed by atoms with E-state index < -0.39 is 0 Å². The number of nitrogens with zero attached hydrogens (tertiary/aromatic N) is 1. The highest BCUT2D eigenvalue weighted by molar-refractivity contribution is 5.27. The molecule has 1 aromatic heterocycles. The van der Waals surface area contributed by atoms with E-state index in [4.69, 9.17) is 5.73 Å². The van der Waals surface area contributed by atoms with Gasteiger partial charge in [0.05, 0.1) is 11.2 Å². The molecule has 0 saturated heterocycles. The lowest BCUT2D eigenvalue weighted by Gasteiger charge is -2.19. The van der Waals surface area contributed by atoms with Crippen LogP contribution in [-0.2, 0) is 12.0 Å². The summed E-state index contributed by atoms with van der Waals surface area (Å²) in [6.07, 6.45) is 5.14. The Bertz CT molecular complexity index is 359. The monoisotopic (exact) mass is 204 g/mol. The molecule has 1 heterocycles. The van der Waals surface area contributed by atoms with Gasteiger partial charge in [-0.25, -0.2) is 0 Å². The van der Waals surface area contributed by atoms with Gasteiger partial charge in [-0.2, -0.15) is 0 Å². The van der Waals surface area contributed by atoms with Crippen molar-refractivity contribution < 1.29 is 0 Å². The molecule has 0 spiro atoms. The maximum Gasteiger partial charge on any atom is 0.0605 e. The Hall–Kier alpha value is -0.890. The first-order valence-electron chi connectivity index (χ1n) is 5.63. The van der Waals surface area contributed by atoms with E-state index in [0.29, 0.717) is 5.41 Å². The largest absolute Gasteiger partial charge is 0.320 e. The van der Waals surface area contributed by atoms with E-state index in [0.717, 1.165) is 25.0 Å². The standard InChI is InChI=1S/C13H20N2/c1-12(2,3)9-10-4-7-15-11(8-10)13(14)5-6-13/h4,7-8H,5-6,9,14H2,1-3H3. The van der Waals surface area contributed by atoms with Crippen molar-refractivity contribution in [3.8, 4) is 0 Å². The zero-order chi connectivity index (χ0) is 11.1. The predicted molar refractivity (Wildman–Crippen MR) is 62.5 cm³/mol. The first-order chi connectivity index (χ1) is 6.89. The molecule has 0 bridgehead atoms. The Morgan fingerprint density at radius 1 is 1.40 bits per heavy atom. The quantitative estimate of drug-likeness (QED) is 0.804. The van der Waals surface area contributed by atoms with Gasteiger partial charge in [-0.3, -0.25) is 4.98 Å². The molecule has 1 aliphatic carbocycles. The highest BCUT2D eigenvalue weighted by Crippen LogP contribution is 2.41. The van der Waals surface area contributed by atoms with E-state index in [-0.39, 0.29) is 5.54 Å². The van der Waals surface area contributed by atoms with E-state index in [9.17, 15) is 0 Å². The van der Waals surface area contributed by atoms with Crippen LogP contribution in [-0.4, -0.2) is 4.98 Å². The number of aromatic nitrogens is 1. The van der Waals surface area contributed by atoms with Gasteiger partial charge in [0, 0.05) is 6.20 Å². The minimum absolute atomic E-state index is 0.103. The van der Waals surface area contributed by atoms with Crippen LogP contribution in [0.4, 0.5) is 0 Å². The molecule has 0 aliphatic heterocycles. The average molecular weight is 204 g/mol. The summed E-state index contributed by atoms with van der Waals surface area (Å²) in [5, 5.41) is 0. The molecule has 82 valence electrons. The smallest absolute Gasteiger partial charge is 0.0605 e. The fourth-order valence-electron chi connectivity index (χ4n) is 1.86. The normalized spacial score (nSPS) is 18.9. The van der Waals surface area contributed by atoms with E-state index >= 15 is 0 Å². The lowest BCUT2D eigenvalue weighted by molar-refractivity contribution is 0.410. The topological polar surface area (TPSA) is 38.9 Å². The fourth-order valence-corrected chi connectivity index (χ4v) is 1.86. The summed E-state index contributed by atoms with van der Waals surface area (Å²) in [4.78, 5) is 4.38. The van der Waals surface area contributed by atoms with Crippen LogP contribution < -0.4 is 5.73 Å². The summed E-state index contributed by atoms with van der Waals surface area (Å²) >= 11 is 0. The number of pyridine rings is 1. The van der Waals surface area contributed by atoms with Crippen molar-refractivity contribution in [1.29, 1.82) is 0 Å². The van der Waals surface area contributed by atoms with Crippen molar-refractivity contribution in [2.75, 3.05) is 0 Å². The minimum Gasteiger partial charge on any atom is -0.320 e. The van der Waals surface area contributed by atoms with Crippen LogP contribution >= 0.6 is 0 Å². The van der Waals surface area contributed by atoms with Gasteiger partial charge >= 0.3 is 0 Å². The third-order valence-corrected chi connectivity index (χ3v) is 2.86. The minimum atomic E-state index is -0.103. The first kappa shape index (κ1) is 10.6. The molecule has 15 heavy (non-hydrogen) atoms. The van der Waals surface area contributed by atoms with Crippen molar-refractivity contribution in [3.63, 3.8) is 0 Å². The van der Waals surface area contributed by atoms with Crippen LogP contribution in [0.2, 0.25) is 0 Å². The maximum atomic E-state index is 6.14. The molecule has 1 saturated carbocycles. The predicted octanol–water partition coefficient (Wildman–Crippen LogP) is 2.62. The maximum absolute atomic E-state index is 6.14. The molecule has 0 unspecified atom stereocenters. The summed E-state index contributed by atoms with van der Waals surface area (Å²) in [5.41, 5.74) is 8.78. The summed E-state index contributed by atoms with van der Waals surface area (Å²) in [6.45, 7) is 6.76. The van der Waals surface area contributed by atoms with Crippen molar-refractivity contribution >= 4 is 0 Å². The van der Waals surface area contributed by atoms with E-state index in [1.165, 1.54) is 5.56 Å². The Kier molecular flexibility index (Phi) is 2.34. The summed E-state index contributed by atoms with van der Waals surface area (Å²) in [5.74, 6) is 0. The Balaban J connectivity index is 2.20. The molecule has 0 amide bonds. The zero-order valence-electron chi connectivity index (χ0n) is 9.88. The highest BCUT2D eigenvalue weighted by atomic mass is 14.9. The van der Waals surface area contributed by atoms with Gasteiger partial charge in [-0.15, -0.1) is 0 Å². The van der Waals surface area contributed by atoms with Crippen LogP contribution in [0.25, 0.3) is 0 Å². The van der Waals surface area contributed by atoms with Gasteiger partial charge in [0.15, 0.2) is 0 Å². The van der Waals surface area contributed by atoms with Crippen molar-refractivity contribution in [2.24, 2.45) is 11.1 Å². The van der Waals surface area contributed by atoms with E-state index in [1.54, 1.807) is 0 Å². The Morgan fingerprint density at radius 2 is 2.07 bits per heavy atom. The van der Waals surface area contributed by atoms with Crippen molar-refractivity contribution in [3.05, 3.63) is 29.6 Å². The average Bonchev–Trinajstić information content (AvgIpc) is 2.82. The van der Waals surface area contributed by atoms with Crippen molar-refractivity contribution in [1.82, 2.24) is 4.98 Å². The molecule has 0 aromatic carbocycles. The SMILES string of the molecule is CC(C)(C)Cc1ccnc(C2(N)CC2)c1. The molecule has 1 aliphatic rings. The Labute approximate surface area is 91.9 Å². The second-order valence-corrected chi connectivity index (χ2v) is 5.94. The molecule has 0 radical (unpaired) electrons. The molecular formula is C13H20N2. The van der Waals surface area contributed by atoms with Gasteiger partial charge in [0.2, 0.25) is 0 Å². The Morgan fingerprint density at radius 3 is 2.60 bits per heavy atom. The summed E-state index contributed by atoms with van der Waals surface area (Å²) in [6, 6.07) is 4.28. The van der Waals surface area contributed by atoms with E-state index in [2.05, 4.69) is 37.9 Å². The second kappa shape index (κ2) is 3.31. The summed E-state index contributed by atoms with van der Waals surface area (Å²) < 4.78 is 0. The van der Waals surface area contributed by atoms with Crippen LogP contribution in [0.15, 0.2) is 18.3 Å². The third-order valence-electron chi connectivity index (χ3n) is 2.86. The molecule has 2 rings (SSSR count). The molecule has 2 nitrogen and oxygen atoms in total. The van der Waals surface area contributed by atoms with Gasteiger partial charge < -0.3 is 5.73 Å². The third kappa shape index (κ3) is 2.57. The van der Waals surface area contributed by atoms with Crippen LogP contribution in [0.3, 0.4) is 0 Å². The lowest BCUT2D eigenvalue weighted by atomic mass is 9.88. The first-order valence-corrected chi connectivity index (χ1v) is 5.63. The molecular weight excluding hydrogens is 184 g/mol. The molecule has 1 fully saturated rings. The van der Waals surface area contributed by atoms with Crippen molar-refractivity contribution in [2.45, 2.75) is 45.6 Å². The van der Waals surface area contributed by atoms with Gasteiger partial charge in [0.25, 0.3) is 0 Å².